The molecule has 0 unspecified atom stereocenters. The van der Waals surface area contributed by atoms with Crippen molar-refractivity contribution >= 4 is 10.9 Å². The molecule has 0 fully saturated rings. The first kappa shape index (κ1) is 22.6. The van der Waals surface area contributed by atoms with Crippen LogP contribution in [0.2, 0.25) is 0 Å². The molecule has 5 rings (SSSR count). The molecule has 0 atom stereocenters. The molecular formula is C30H26N2O3. The normalized spacial score (nSPS) is 11.5. The number of hydrogen-bond donors (Lipinski definition) is 1. The summed E-state index contributed by atoms with van der Waals surface area (Å²) in [6, 6.07) is 29.7. The highest BCUT2D eigenvalue weighted by atomic mass is 16.5. The van der Waals surface area contributed by atoms with E-state index in [4.69, 9.17) is 9.72 Å². The Morgan fingerprint density at radius 2 is 1.31 bits per heavy atom. The van der Waals surface area contributed by atoms with Crippen molar-refractivity contribution < 1.29 is 9.84 Å². The summed E-state index contributed by atoms with van der Waals surface area (Å²) < 4.78 is 7.08. The average molecular weight is 463 g/mol. The molecule has 0 saturated carbocycles. The van der Waals surface area contributed by atoms with Crippen molar-refractivity contribution in [2.75, 3.05) is 7.11 Å². The fraction of sp³-hybridized carbons (Fsp3) is 0.133. The highest BCUT2D eigenvalue weighted by molar-refractivity contribution is 5.78. The zero-order chi connectivity index (χ0) is 24.6. The Morgan fingerprint density at radius 3 is 1.91 bits per heavy atom. The van der Waals surface area contributed by atoms with Crippen LogP contribution in [0.1, 0.15) is 28.1 Å². The van der Waals surface area contributed by atoms with Gasteiger partial charge in [0.1, 0.15) is 5.75 Å². The number of fused-ring (bicyclic) bond motifs is 1. The maximum Gasteiger partial charge on any atom is 0.266 e. The van der Waals surface area contributed by atoms with Crippen molar-refractivity contribution in [3.05, 3.63) is 135 Å². The van der Waals surface area contributed by atoms with Gasteiger partial charge in [-0.2, -0.15) is 0 Å². The minimum absolute atomic E-state index is 0.193. The van der Waals surface area contributed by atoms with Gasteiger partial charge in [-0.15, -0.1) is 0 Å². The van der Waals surface area contributed by atoms with E-state index in [1.165, 1.54) is 4.57 Å². The summed E-state index contributed by atoms with van der Waals surface area (Å²) in [5.41, 5.74) is 2.36. The molecule has 0 aliphatic rings. The lowest BCUT2D eigenvalue weighted by atomic mass is 9.84. The van der Waals surface area contributed by atoms with Crippen molar-refractivity contribution in [3.63, 3.8) is 0 Å². The number of rotatable bonds is 5. The fourth-order valence-corrected chi connectivity index (χ4v) is 4.43. The number of ether oxygens (including phenoxy) is 1. The number of nitrogens with zero attached hydrogens (tertiary/aromatic N) is 2. The van der Waals surface area contributed by atoms with Crippen molar-refractivity contribution in [2.45, 2.75) is 19.4 Å². The summed E-state index contributed by atoms with van der Waals surface area (Å²) in [4.78, 5) is 18.9. The van der Waals surface area contributed by atoms with Crippen LogP contribution in [-0.2, 0) is 5.60 Å². The quantitative estimate of drug-likeness (QED) is 0.385. The maximum atomic E-state index is 14.0. The van der Waals surface area contributed by atoms with E-state index in [1.54, 1.807) is 31.4 Å². The second-order valence-corrected chi connectivity index (χ2v) is 8.71. The van der Waals surface area contributed by atoms with Crippen LogP contribution in [0.15, 0.2) is 102 Å². The largest absolute Gasteiger partial charge is 0.495 e. The number of aryl methyl sites for hydroxylation is 2. The topological polar surface area (TPSA) is 64.3 Å². The monoisotopic (exact) mass is 462 g/mol. The van der Waals surface area contributed by atoms with Crippen LogP contribution in [-0.4, -0.2) is 21.8 Å². The van der Waals surface area contributed by atoms with E-state index in [0.29, 0.717) is 33.5 Å². The van der Waals surface area contributed by atoms with Crippen molar-refractivity contribution in [2.24, 2.45) is 0 Å². The zero-order valence-corrected chi connectivity index (χ0v) is 19.9. The molecule has 4 aromatic carbocycles. The van der Waals surface area contributed by atoms with Gasteiger partial charge in [0.2, 0.25) is 0 Å². The van der Waals surface area contributed by atoms with Crippen molar-refractivity contribution in [3.8, 4) is 11.4 Å². The average Bonchev–Trinajstić information content (AvgIpc) is 2.89. The third-order valence-corrected chi connectivity index (χ3v) is 6.36. The van der Waals surface area contributed by atoms with Gasteiger partial charge in [-0.25, -0.2) is 4.98 Å². The molecule has 1 aromatic heterocycles. The highest BCUT2D eigenvalue weighted by Gasteiger charge is 2.39. The van der Waals surface area contributed by atoms with Gasteiger partial charge in [0.25, 0.3) is 5.56 Å². The molecule has 0 aliphatic heterocycles. The Labute approximate surface area is 203 Å². The molecular weight excluding hydrogens is 436 g/mol. The molecule has 1 N–H and O–H groups in total. The molecule has 5 heteroatoms. The zero-order valence-electron chi connectivity index (χ0n) is 19.9. The minimum Gasteiger partial charge on any atom is -0.495 e. The summed E-state index contributed by atoms with van der Waals surface area (Å²) in [6.45, 7) is 3.99. The first-order chi connectivity index (χ1) is 16.9. The highest BCUT2D eigenvalue weighted by Crippen LogP contribution is 2.38. The van der Waals surface area contributed by atoms with Crippen LogP contribution >= 0.6 is 0 Å². The Hall–Kier alpha value is -4.22. The van der Waals surface area contributed by atoms with Gasteiger partial charge < -0.3 is 9.84 Å². The Bertz CT molecular complexity index is 1520. The van der Waals surface area contributed by atoms with E-state index in [2.05, 4.69) is 0 Å². The van der Waals surface area contributed by atoms with Crippen LogP contribution in [0, 0.1) is 13.8 Å². The van der Waals surface area contributed by atoms with Gasteiger partial charge in [-0.1, -0.05) is 83.9 Å². The summed E-state index contributed by atoms with van der Waals surface area (Å²) in [7, 11) is 1.56. The fourth-order valence-electron chi connectivity index (χ4n) is 4.43. The smallest absolute Gasteiger partial charge is 0.266 e. The van der Waals surface area contributed by atoms with E-state index >= 15 is 0 Å². The van der Waals surface area contributed by atoms with E-state index in [-0.39, 0.29) is 11.4 Å². The molecule has 0 saturated heterocycles. The van der Waals surface area contributed by atoms with Crippen LogP contribution in [0.5, 0.6) is 5.75 Å². The number of hydrogen-bond acceptors (Lipinski definition) is 4. The van der Waals surface area contributed by atoms with Gasteiger partial charge in [0.15, 0.2) is 11.4 Å². The summed E-state index contributed by atoms with van der Waals surface area (Å²) >= 11 is 0. The van der Waals surface area contributed by atoms with Crippen molar-refractivity contribution in [1.29, 1.82) is 0 Å². The number of para-hydroxylation sites is 3. The lowest BCUT2D eigenvalue weighted by molar-refractivity contribution is 0.112. The second-order valence-electron chi connectivity index (χ2n) is 8.71. The second kappa shape index (κ2) is 8.85. The van der Waals surface area contributed by atoms with E-state index < -0.39 is 5.60 Å². The third kappa shape index (κ3) is 3.80. The SMILES string of the molecule is COc1ccccc1-n1c(C(O)(c2ccc(C)cc2)c2ccc(C)cc2)nc2ccccc2c1=O. The molecule has 35 heavy (non-hydrogen) atoms. The van der Waals surface area contributed by atoms with Crippen LogP contribution in [0.25, 0.3) is 16.6 Å². The Kier molecular flexibility index (Phi) is 5.71. The van der Waals surface area contributed by atoms with E-state index in [9.17, 15) is 9.90 Å². The lowest BCUT2D eigenvalue weighted by Gasteiger charge is -2.31. The summed E-state index contributed by atoms with van der Waals surface area (Å²) in [5.74, 6) is 0.696. The number of aliphatic hydroxyl groups is 1. The molecule has 0 aliphatic carbocycles. The third-order valence-electron chi connectivity index (χ3n) is 6.36. The van der Waals surface area contributed by atoms with Crippen LogP contribution in [0.4, 0.5) is 0 Å². The number of aromatic nitrogens is 2. The molecule has 5 aromatic rings. The first-order valence-electron chi connectivity index (χ1n) is 11.5. The minimum atomic E-state index is -1.72. The van der Waals surface area contributed by atoms with E-state index in [0.717, 1.165) is 11.1 Å². The van der Waals surface area contributed by atoms with Crippen LogP contribution in [0.3, 0.4) is 0 Å². The van der Waals surface area contributed by atoms with Gasteiger partial charge in [0.05, 0.1) is 23.7 Å². The maximum absolute atomic E-state index is 14.0. The number of methoxy groups -OCH3 is 1. The molecule has 174 valence electrons. The predicted octanol–water partition coefficient (Wildman–Crippen LogP) is 5.30. The number of benzene rings is 4. The predicted molar refractivity (Wildman–Crippen MR) is 138 cm³/mol. The Morgan fingerprint density at radius 1 is 0.771 bits per heavy atom. The summed E-state index contributed by atoms with van der Waals surface area (Å²) in [5, 5.41) is 13.1. The molecule has 5 nitrogen and oxygen atoms in total. The molecule has 1 heterocycles. The molecule has 0 bridgehead atoms. The van der Waals surface area contributed by atoms with Crippen molar-refractivity contribution in [1.82, 2.24) is 9.55 Å². The van der Waals surface area contributed by atoms with Gasteiger partial charge in [-0.05, 0) is 49.2 Å². The van der Waals surface area contributed by atoms with Gasteiger partial charge in [0, 0.05) is 0 Å². The Balaban J connectivity index is 1.95. The van der Waals surface area contributed by atoms with Gasteiger partial charge >= 0.3 is 0 Å². The van der Waals surface area contributed by atoms with Gasteiger partial charge in [-0.3, -0.25) is 9.36 Å². The summed E-state index contributed by atoms with van der Waals surface area (Å²) in [6.07, 6.45) is 0. The molecule has 0 amide bonds. The van der Waals surface area contributed by atoms with Crippen LogP contribution < -0.4 is 10.3 Å². The standard InChI is InChI=1S/C30H26N2O3/c1-20-12-16-22(17-13-20)30(34,23-18-14-21(2)15-19-23)29-31-25-9-5-4-8-24(25)28(33)32(29)26-10-6-7-11-27(26)35-3/h4-19,34H,1-3H3. The lowest BCUT2D eigenvalue weighted by Crippen LogP contribution is -2.38. The molecule has 0 radical (unpaired) electrons. The molecule has 0 spiro atoms. The van der Waals surface area contributed by atoms with E-state index in [1.807, 2.05) is 86.6 Å². The first-order valence-corrected chi connectivity index (χ1v) is 11.5.